The Morgan fingerprint density at radius 3 is 2.81 bits per heavy atom. The Kier molecular flexibility index (Phi) is 2.84. The topological polar surface area (TPSA) is 32.5 Å². The van der Waals surface area contributed by atoms with Crippen molar-refractivity contribution in [2.45, 2.75) is 38.6 Å². The van der Waals surface area contributed by atoms with Crippen LogP contribution >= 0.6 is 0 Å². The summed E-state index contributed by atoms with van der Waals surface area (Å²) in [5.41, 5.74) is 5.85. The van der Waals surface area contributed by atoms with E-state index in [-0.39, 0.29) is 5.41 Å². The van der Waals surface area contributed by atoms with E-state index in [9.17, 15) is 0 Å². The van der Waals surface area contributed by atoms with E-state index in [0.717, 1.165) is 41.5 Å². The fraction of sp³-hybridized carbons (Fsp3) is 0.500. The van der Waals surface area contributed by atoms with Crippen molar-refractivity contribution in [3.05, 3.63) is 41.1 Å². The molecule has 4 aliphatic heterocycles. The molecule has 3 aromatic rings. The van der Waals surface area contributed by atoms with Gasteiger partial charge < -0.3 is 4.42 Å². The molecule has 2 aromatic heterocycles. The maximum absolute atomic E-state index is 6.43. The monoisotopic (exact) mass is 347 g/mol. The number of piperidine rings is 2. The van der Waals surface area contributed by atoms with E-state index in [1.165, 1.54) is 36.0 Å². The molecule has 4 saturated heterocycles. The van der Waals surface area contributed by atoms with E-state index in [0.29, 0.717) is 6.04 Å². The highest BCUT2D eigenvalue weighted by atomic mass is 16.3. The lowest BCUT2D eigenvalue weighted by Gasteiger charge is -2.63. The smallest absolute Gasteiger partial charge is 0.227 e. The molecule has 0 radical (unpaired) electrons. The lowest BCUT2D eigenvalue weighted by molar-refractivity contribution is -0.120. The van der Waals surface area contributed by atoms with Gasteiger partial charge in [-0.25, -0.2) is 4.98 Å². The van der Waals surface area contributed by atoms with Gasteiger partial charge in [0.15, 0.2) is 0 Å². The van der Waals surface area contributed by atoms with Crippen LogP contribution < -0.4 is 0 Å². The molecule has 0 N–H and O–H groups in total. The first-order valence-corrected chi connectivity index (χ1v) is 9.81. The van der Waals surface area contributed by atoms with E-state index < -0.39 is 0 Å². The summed E-state index contributed by atoms with van der Waals surface area (Å²) in [6.07, 6.45) is 1.28. The third-order valence-corrected chi connectivity index (χ3v) is 7.25. The standard InChI is InChI=1S/C22H25N3O/c1-13-4-6-17-18-7-5-14(2)23-21(18)26-20(17)19(13)22-8-16-9-24(11-22)12-25(10-16)15(22)3/h4-7,15-16H,8-12H2,1-3H3. The Balaban J connectivity index is 1.67. The second-order valence-corrected chi connectivity index (χ2v) is 8.87. The zero-order valence-electron chi connectivity index (χ0n) is 15.7. The third-order valence-electron chi connectivity index (χ3n) is 7.25. The van der Waals surface area contributed by atoms with Crippen LogP contribution in [-0.4, -0.2) is 47.1 Å². The maximum atomic E-state index is 6.43. The average Bonchev–Trinajstić information content (AvgIpc) is 2.95. The number of rotatable bonds is 1. The molecule has 134 valence electrons. The van der Waals surface area contributed by atoms with Crippen LogP contribution in [0, 0.1) is 19.8 Å². The highest BCUT2D eigenvalue weighted by Crippen LogP contribution is 2.51. The first-order valence-electron chi connectivity index (χ1n) is 9.81. The molecule has 4 heteroatoms. The quantitative estimate of drug-likeness (QED) is 0.670. The van der Waals surface area contributed by atoms with Crippen molar-refractivity contribution in [2.24, 2.45) is 5.92 Å². The zero-order chi connectivity index (χ0) is 17.6. The fourth-order valence-corrected chi connectivity index (χ4v) is 6.20. The Morgan fingerprint density at radius 1 is 1.12 bits per heavy atom. The van der Waals surface area contributed by atoms with Gasteiger partial charge in [0, 0.05) is 53.1 Å². The summed E-state index contributed by atoms with van der Waals surface area (Å²) in [6.45, 7) is 11.5. The van der Waals surface area contributed by atoms with Crippen molar-refractivity contribution >= 4 is 22.1 Å². The van der Waals surface area contributed by atoms with E-state index in [2.05, 4.69) is 52.9 Å². The largest absolute Gasteiger partial charge is 0.437 e. The molecule has 4 bridgehead atoms. The van der Waals surface area contributed by atoms with Crippen molar-refractivity contribution in [3.63, 3.8) is 0 Å². The minimum absolute atomic E-state index is 0.173. The molecular formula is C22H25N3O. The van der Waals surface area contributed by atoms with Gasteiger partial charge in [-0.05, 0) is 50.8 Å². The van der Waals surface area contributed by atoms with Crippen LogP contribution in [0.25, 0.3) is 22.1 Å². The van der Waals surface area contributed by atoms with Gasteiger partial charge in [-0.2, -0.15) is 0 Å². The van der Waals surface area contributed by atoms with Crippen molar-refractivity contribution in [2.75, 3.05) is 26.3 Å². The number of hydrogen-bond donors (Lipinski definition) is 0. The number of aromatic nitrogens is 1. The molecule has 1 aromatic carbocycles. The van der Waals surface area contributed by atoms with Crippen molar-refractivity contribution < 1.29 is 4.42 Å². The molecule has 26 heavy (non-hydrogen) atoms. The molecule has 0 saturated carbocycles. The number of benzene rings is 1. The predicted molar refractivity (Wildman–Crippen MR) is 103 cm³/mol. The van der Waals surface area contributed by atoms with Crippen LogP contribution in [0.5, 0.6) is 0 Å². The number of hydrogen-bond acceptors (Lipinski definition) is 4. The van der Waals surface area contributed by atoms with Crippen molar-refractivity contribution in [1.82, 2.24) is 14.8 Å². The summed E-state index contributed by atoms with van der Waals surface area (Å²) in [4.78, 5) is 10.0. The summed E-state index contributed by atoms with van der Waals surface area (Å²) >= 11 is 0. The van der Waals surface area contributed by atoms with Gasteiger partial charge >= 0.3 is 0 Å². The van der Waals surface area contributed by atoms with Crippen molar-refractivity contribution in [1.29, 1.82) is 0 Å². The van der Waals surface area contributed by atoms with E-state index in [1.807, 2.05) is 6.92 Å². The molecule has 6 heterocycles. The molecule has 4 nitrogen and oxygen atoms in total. The SMILES string of the molecule is Cc1ccc2c(n1)oc1c(C34CC5CN(CN(C5)C3C)C4)c(C)ccc12. The Morgan fingerprint density at radius 2 is 1.96 bits per heavy atom. The van der Waals surface area contributed by atoms with Crippen LogP contribution in [0.3, 0.4) is 0 Å². The number of pyridine rings is 1. The van der Waals surface area contributed by atoms with E-state index >= 15 is 0 Å². The van der Waals surface area contributed by atoms with Gasteiger partial charge in [0.25, 0.3) is 0 Å². The van der Waals surface area contributed by atoms with Crippen LogP contribution in [0.15, 0.2) is 28.7 Å². The predicted octanol–water partition coefficient (Wildman–Crippen LogP) is 3.83. The van der Waals surface area contributed by atoms with Crippen LogP contribution in [-0.2, 0) is 5.41 Å². The van der Waals surface area contributed by atoms with Gasteiger partial charge in [-0.3, -0.25) is 9.80 Å². The highest BCUT2D eigenvalue weighted by Gasteiger charge is 2.56. The van der Waals surface area contributed by atoms with Crippen LogP contribution in [0.2, 0.25) is 0 Å². The Bertz CT molecular complexity index is 1040. The number of fused-ring (bicyclic) bond motifs is 3. The second kappa shape index (κ2) is 4.87. The number of furan rings is 1. The number of nitrogens with zero attached hydrogens (tertiary/aromatic N) is 3. The van der Waals surface area contributed by atoms with Crippen LogP contribution in [0.1, 0.15) is 30.2 Å². The molecule has 4 fully saturated rings. The molecule has 5 unspecified atom stereocenters. The molecule has 0 aliphatic carbocycles. The minimum Gasteiger partial charge on any atom is -0.437 e. The van der Waals surface area contributed by atoms with Gasteiger partial charge in [0.1, 0.15) is 5.58 Å². The summed E-state index contributed by atoms with van der Waals surface area (Å²) in [5, 5.41) is 2.37. The van der Waals surface area contributed by atoms with Gasteiger partial charge in [-0.15, -0.1) is 0 Å². The summed E-state index contributed by atoms with van der Waals surface area (Å²) in [6, 6.07) is 9.33. The first kappa shape index (κ1) is 15.2. The maximum Gasteiger partial charge on any atom is 0.227 e. The zero-order valence-corrected chi connectivity index (χ0v) is 15.7. The second-order valence-electron chi connectivity index (χ2n) is 8.87. The molecule has 0 spiro atoms. The lowest BCUT2D eigenvalue weighted by atomic mass is 9.61. The van der Waals surface area contributed by atoms with Gasteiger partial charge in [-0.1, -0.05) is 12.1 Å². The minimum atomic E-state index is 0.173. The van der Waals surface area contributed by atoms with Crippen LogP contribution in [0.4, 0.5) is 0 Å². The summed E-state index contributed by atoms with van der Waals surface area (Å²) in [7, 11) is 0. The normalized spacial score (nSPS) is 35.7. The number of aryl methyl sites for hydroxylation is 2. The van der Waals surface area contributed by atoms with Crippen molar-refractivity contribution in [3.8, 4) is 0 Å². The molecular weight excluding hydrogens is 322 g/mol. The first-order chi connectivity index (χ1) is 12.5. The van der Waals surface area contributed by atoms with Gasteiger partial charge in [0.2, 0.25) is 5.71 Å². The molecule has 5 atom stereocenters. The Labute approximate surface area is 153 Å². The lowest BCUT2D eigenvalue weighted by Crippen LogP contribution is -2.72. The van der Waals surface area contributed by atoms with E-state index in [1.54, 1.807) is 0 Å². The fourth-order valence-electron chi connectivity index (χ4n) is 6.20. The van der Waals surface area contributed by atoms with Gasteiger partial charge in [0.05, 0.1) is 6.67 Å². The Hall–Kier alpha value is -1.91. The molecule has 0 amide bonds. The van der Waals surface area contributed by atoms with E-state index in [4.69, 9.17) is 4.42 Å². The average molecular weight is 347 g/mol. The molecule has 7 rings (SSSR count). The summed E-state index contributed by atoms with van der Waals surface area (Å²) in [5.74, 6) is 0.785. The summed E-state index contributed by atoms with van der Waals surface area (Å²) < 4.78 is 6.43. The third kappa shape index (κ3) is 1.79. The molecule has 4 aliphatic rings. The highest BCUT2D eigenvalue weighted by molar-refractivity contribution is 6.05.